The number of ether oxygens (including phenoxy) is 2. The summed E-state index contributed by atoms with van der Waals surface area (Å²) in [7, 11) is 0. The lowest BCUT2D eigenvalue weighted by atomic mass is 10.1. The fourth-order valence-electron chi connectivity index (χ4n) is 1.64. The van der Waals surface area contributed by atoms with Crippen molar-refractivity contribution in [1.82, 2.24) is 15.0 Å². The van der Waals surface area contributed by atoms with Gasteiger partial charge in [-0.3, -0.25) is 4.79 Å². The van der Waals surface area contributed by atoms with Crippen molar-refractivity contribution in [2.24, 2.45) is 0 Å². The van der Waals surface area contributed by atoms with Gasteiger partial charge in [-0.2, -0.15) is 0 Å². The van der Waals surface area contributed by atoms with Gasteiger partial charge in [0.05, 0.1) is 6.20 Å². The lowest BCUT2D eigenvalue weighted by Gasteiger charge is -2.37. The highest BCUT2D eigenvalue weighted by atomic mass is 19.1. The van der Waals surface area contributed by atoms with Crippen LogP contribution in [0.25, 0.3) is 0 Å². The zero-order valence-electron chi connectivity index (χ0n) is 9.99. The molecule has 1 aromatic rings. The number of nitrogens with zero attached hydrogens (tertiary/aromatic N) is 3. The standard InChI is InChI=1S/C10H14FN3O4/c1-10(2)17-5-6(15)8(18-10)7(16)9(11)14-4-3-12-13-14/h3-4,7-9,16H,5H2,1-2H3/t7-,8?,9?/m1/s1. The van der Waals surface area contributed by atoms with Gasteiger partial charge >= 0.3 is 0 Å². The molecule has 100 valence electrons. The minimum atomic E-state index is -1.91. The average Bonchev–Trinajstić information content (AvgIpc) is 2.84. The van der Waals surface area contributed by atoms with Crippen molar-refractivity contribution in [2.45, 2.75) is 38.1 Å². The van der Waals surface area contributed by atoms with E-state index in [4.69, 9.17) is 9.47 Å². The predicted octanol–water partition coefficient (Wildman–Crippen LogP) is -0.172. The van der Waals surface area contributed by atoms with Gasteiger partial charge in [-0.05, 0) is 13.8 Å². The summed E-state index contributed by atoms with van der Waals surface area (Å²) < 4.78 is 25.1. The molecule has 1 aliphatic heterocycles. The second kappa shape index (κ2) is 4.71. The molecule has 1 fully saturated rings. The van der Waals surface area contributed by atoms with Crippen molar-refractivity contribution in [1.29, 1.82) is 0 Å². The van der Waals surface area contributed by atoms with Crippen LogP contribution in [-0.2, 0) is 14.3 Å². The van der Waals surface area contributed by atoms with E-state index < -0.39 is 30.1 Å². The van der Waals surface area contributed by atoms with Crippen molar-refractivity contribution in [3.8, 4) is 0 Å². The maximum atomic E-state index is 13.9. The maximum Gasteiger partial charge on any atom is 0.221 e. The first-order chi connectivity index (χ1) is 8.41. The Balaban J connectivity index is 2.12. The Kier molecular flexibility index (Phi) is 3.42. The number of halogens is 1. The number of ketones is 1. The number of hydrogen-bond donors (Lipinski definition) is 1. The van der Waals surface area contributed by atoms with E-state index in [0.717, 1.165) is 4.68 Å². The van der Waals surface area contributed by atoms with Crippen LogP contribution in [0.3, 0.4) is 0 Å². The average molecular weight is 259 g/mol. The van der Waals surface area contributed by atoms with Crippen molar-refractivity contribution in [3.05, 3.63) is 12.4 Å². The van der Waals surface area contributed by atoms with Crippen molar-refractivity contribution < 1.29 is 23.8 Å². The van der Waals surface area contributed by atoms with Crippen LogP contribution in [0.1, 0.15) is 20.1 Å². The first kappa shape index (κ1) is 13.1. The van der Waals surface area contributed by atoms with Crippen LogP contribution in [0.15, 0.2) is 12.4 Å². The summed E-state index contributed by atoms with van der Waals surface area (Å²) in [6, 6.07) is 0. The summed E-state index contributed by atoms with van der Waals surface area (Å²) in [6.07, 6.45) is -2.33. The van der Waals surface area contributed by atoms with E-state index in [1.807, 2.05) is 0 Å². The Morgan fingerprint density at radius 1 is 1.67 bits per heavy atom. The van der Waals surface area contributed by atoms with Crippen LogP contribution in [0.4, 0.5) is 4.39 Å². The molecule has 1 aliphatic rings. The second-order valence-corrected chi connectivity index (χ2v) is 4.44. The normalized spacial score (nSPS) is 26.9. The number of carbonyl (C=O) groups is 1. The third-order valence-electron chi connectivity index (χ3n) is 2.58. The molecular weight excluding hydrogens is 245 g/mol. The summed E-state index contributed by atoms with van der Waals surface area (Å²) in [6.45, 7) is 2.95. The lowest BCUT2D eigenvalue weighted by Crippen LogP contribution is -2.52. The van der Waals surface area contributed by atoms with Gasteiger partial charge in [-0.1, -0.05) is 5.21 Å². The molecule has 7 nitrogen and oxygen atoms in total. The number of aliphatic hydroxyl groups excluding tert-OH is 1. The molecule has 0 aliphatic carbocycles. The highest BCUT2D eigenvalue weighted by Gasteiger charge is 2.43. The van der Waals surface area contributed by atoms with Gasteiger partial charge < -0.3 is 14.6 Å². The topological polar surface area (TPSA) is 86.5 Å². The smallest absolute Gasteiger partial charge is 0.221 e. The van der Waals surface area contributed by atoms with Crippen molar-refractivity contribution in [2.75, 3.05) is 6.61 Å². The largest absolute Gasteiger partial charge is 0.385 e. The molecule has 1 N–H and O–H groups in total. The number of Topliss-reactive ketones (excluding diaryl/α,β-unsaturated/α-hetero) is 1. The van der Waals surface area contributed by atoms with Crippen LogP contribution in [0.5, 0.6) is 0 Å². The van der Waals surface area contributed by atoms with Crippen LogP contribution >= 0.6 is 0 Å². The molecule has 0 radical (unpaired) electrons. The van der Waals surface area contributed by atoms with E-state index in [0.29, 0.717) is 0 Å². The molecule has 0 spiro atoms. The molecule has 3 atom stereocenters. The van der Waals surface area contributed by atoms with E-state index in [-0.39, 0.29) is 6.61 Å². The lowest BCUT2D eigenvalue weighted by molar-refractivity contribution is -0.276. The zero-order chi connectivity index (χ0) is 13.3. The molecule has 0 bridgehead atoms. The Bertz CT molecular complexity index is 423. The summed E-state index contributed by atoms with van der Waals surface area (Å²) in [4.78, 5) is 11.6. The fraction of sp³-hybridized carbons (Fsp3) is 0.700. The van der Waals surface area contributed by atoms with Gasteiger partial charge in [0.2, 0.25) is 6.30 Å². The summed E-state index contributed by atoms with van der Waals surface area (Å²) in [5.74, 6) is -1.55. The molecule has 2 heterocycles. The third-order valence-corrected chi connectivity index (χ3v) is 2.58. The van der Waals surface area contributed by atoms with Crippen molar-refractivity contribution >= 4 is 5.78 Å². The van der Waals surface area contributed by atoms with Gasteiger partial charge in [0.15, 0.2) is 17.7 Å². The molecule has 18 heavy (non-hydrogen) atoms. The van der Waals surface area contributed by atoms with Gasteiger partial charge in [-0.25, -0.2) is 9.07 Å². The zero-order valence-corrected chi connectivity index (χ0v) is 9.99. The Labute approximate surface area is 102 Å². The molecule has 0 amide bonds. The quantitative estimate of drug-likeness (QED) is 0.810. The summed E-state index contributed by atoms with van der Waals surface area (Å²) in [5, 5.41) is 16.7. The minimum Gasteiger partial charge on any atom is -0.385 e. The Morgan fingerprint density at radius 3 is 3.00 bits per heavy atom. The Hall–Kier alpha value is -1.38. The van der Waals surface area contributed by atoms with Crippen molar-refractivity contribution in [3.63, 3.8) is 0 Å². The third kappa shape index (κ3) is 2.55. The van der Waals surface area contributed by atoms with E-state index in [9.17, 15) is 14.3 Å². The molecule has 0 aromatic carbocycles. The van der Waals surface area contributed by atoms with Crippen LogP contribution in [0, 0.1) is 0 Å². The molecule has 1 aromatic heterocycles. The first-order valence-electron chi connectivity index (χ1n) is 5.43. The van der Waals surface area contributed by atoms with Crippen LogP contribution < -0.4 is 0 Å². The number of hydrogen-bond acceptors (Lipinski definition) is 6. The van der Waals surface area contributed by atoms with E-state index in [2.05, 4.69) is 10.3 Å². The van der Waals surface area contributed by atoms with Gasteiger partial charge in [0, 0.05) is 6.20 Å². The monoisotopic (exact) mass is 259 g/mol. The van der Waals surface area contributed by atoms with Crippen LogP contribution in [0.2, 0.25) is 0 Å². The van der Waals surface area contributed by atoms with Gasteiger partial charge in [0.25, 0.3) is 0 Å². The number of rotatable bonds is 3. The first-order valence-corrected chi connectivity index (χ1v) is 5.43. The highest BCUT2D eigenvalue weighted by Crippen LogP contribution is 2.26. The van der Waals surface area contributed by atoms with E-state index >= 15 is 0 Å². The fourth-order valence-corrected chi connectivity index (χ4v) is 1.64. The van der Waals surface area contributed by atoms with E-state index in [1.54, 1.807) is 13.8 Å². The maximum absolute atomic E-state index is 13.9. The molecule has 0 saturated carbocycles. The number of aliphatic hydroxyl groups is 1. The minimum absolute atomic E-state index is 0.223. The highest BCUT2D eigenvalue weighted by molar-refractivity contribution is 5.85. The van der Waals surface area contributed by atoms with Gasteiger partial charge in [-0.15, -0.1) is 5.10 Å². The van der Waals surface area contributed by atoms with E-state index in [1.165, 1.54) is 12.4 Å². The molecular formula is C10H14FN3O4. The Morgan fingerprint density at radius 2 is 2.39 bits per heavy atom. The summed E-state index contributed by atoms with van der Waals surface area (Å²) in [5.41, 5.74) is 0. The second-order valence-electron chi connectivity index (χ2n) is 4.44. The summed E-state index contributed by atoms with van der Waals surface area (Å²) >= 11 is 0. The van der Waals surface area contributed by atoms with Crippen LogP contribution in [-0.4, -0.2) is 50.5 Å². The number of carbonyl (C=O) groups excluding carboxylic acids is 1. The SMILES string of the molecule is CC1(C)OCC(=O)C([C@@H](O)C(F)n2ccnn2)O1. The number of alkyl halides is 1. The molecule has 8 heteroatoms. The molecule has 2 rings (SSSR count). The predicted molar refractivity (Wildman–Crippen MR) is 56.1 cm³/mol. The van der Waals surface area contributed by atoms with Gasteiger partial charge in [0.1, 0.15) is 12.7 Å². The number of aromatic nitrogens is 3. The molecule has 2 unspecified atom stereocenters. The molecule has 1 saturated heterocycles.